The maximum absolute atomic E-state index is 12.1. The van der Waals surface area contributed by atoms with Crippen molar-refractivity contribution in [2.75, 3.05) is 17.1 Å². The first-order valence-electron chi connectivity index (χ1n) is 5.12. The topological polar surface area (TPSA) is 127 Å². The zero-order valence-corrected chi connectivity index (χ0v) is 12.7. The minimum atomic E-state index is -3.91. The predicted octanol–water partition coefficient (Wildman–Crippen LogP) is 1.66. The van der Waals surface area contributed by atoms with E-state index in [1.54, 1.807) is 6.92 Å². The molecule has 0 amide bonds. The zero-order valence-electron chi connectivity index (χ0n) is 10.3. The van der Waals surface area contributed by atoms with E-state index in [2.05, 4.69) is 20.2 Å². The first-order valence-corrected chi connectivity index (χ1v) is 8.24. The van der Waals surface area contributed by atoms with E-state index in [1.807, 2.05) is 0 Å². The Balaban J connectivity index is 2.37. The molecule has 0 spiro atoms. The quantitative estimate of drug-likeness (QED) is 0.628. The molecule has 0 aliphatic rings. The SMILES string of the molecule is CNc1sc(S(=O)(=O)Nc2nnc(C)s2)cc1[N+](=O)[O-]. The van der Waals surface area contributed by atoms with Crippen molar-refractivity contribution in [2.24, 2.45) is 0 Å². The summed E-state index contributed by atoms with van der Waals surface area (Å²) in [4.78, 5) is 10.2. The first kappa shape index (κ1) is 14.6. The van der Waals surface area contributed by atoms with Crippen molar-refractivity contribution in [1.29, 1.82) is 0 Å². The summed E-state index contributed by atoms with van der Waals surface area (Å²) in [5.74, 6) is 0. The summed E-state index contributed by atoms with van der Waals surface area (Å²) in [5.41, 5.74) is -0.286. The molecular weight excluding hydrogens is 326 g/mol. The lowest BCUT2D eigenvalue weighted by Crippen LogP contribution is -2.11. The fraction of sp³-hybridized carbons (Fsp3) is 0.250. The zero-order chi connectivity index (χ0) is 14.9. The van der Waals surface area contributed by atoms with E-state index in [0.29, 0.717) is 5.01 Å². The fourth-order valence-electron chi connectivity index (χ4n) is 1.31. The van der Waals surface area contributed by atoms with E-state index < -0.39 is 14.9 Å². The van der Waals surface area contributed by atoms with Crippen molar-refractivity contribution in [3.63, 3.8) is 0 Å². The van der Waals surface area contributed by atoms with E-state index in [-0.39, 0.29) is 20.0 Å². The molecule has 0 atom stereocenters. The van der Waals surface area contributed by atoms with Crippen molar-refractivity contribution < 1.29 is 13.3 Å². The lowest BCUT2D eigenvalue weighted by atomic mass is 10.5. The third-order valence-corrected chi connectivity index (χ3v) is 5.96. The number of anilines is 2. The molecule has 0 aliphatic carbocycles. The van der Waals surface area contributed by atoms with Crippen LogP contribution >= 0.6 is 22.7 Å². The highest BCUT2D eigenvalue weighted by molar-refractivity contribution is 7.95. The third-order valence-electron chi connectivity index (χ3n) is 2.13. The number of rotatable bonds is 5. The van der Waals surface area contributed by atoms with Crippen LogP contribution in [0.15, 0.2) is 10.3 Å². The Hall–Kier alpha value is -1.79. The number of nitrogens with one attached hydrogen (secondary N) is 2. The van der Waals surface area contributed by atoms with Crippen LogP contribution in [-0.4, -0.2) is 30.6 Å². The maximum Gasteiger partial charge on any atom is 0.304 e. The summed E-state index contributed by atoms with van der Waals surface area (Å²) in [7, 11) is -2.43. The summed E-state index contributed by atoms with van der Waals surface area (Å²) in [5, 5.41) is 21.6. The number of hydrogen-bond acceptors (Lipinski definition) is 9. The Bertz CT molecular complexity index is 750. The molecule has 2 rings (SSSR count). The molecular formula is C8H9N5O4S3. The molecule has 12 heteroatoms. The summed E-state index contributed by atoms with van der Waals surface area (Å²) < 4.78 is 26.3. The molecule has 0 unspecified atom stereocenters. The molecule has 108 valence electrons. The van der Waals surface area contributed by atoms with E-state index >= 15 is 0 Å². The van der Waals surface area contributed by atoms with Gasteiger partial charge in [0.05, 0.1) is 4.92 Å². The maximum atomic E-state index is 12.1. The van der Waals surface area contributed by atoms with Crippen LogP contribution in [0.5, 0.6) is 0 Å². The summed E-state index contributed by atoms with van der Waals surface area (Å²) >= 11 is 1.85. The van der Waals surface area contributed by atoms with Gasteiger partial charge in [-0.3, -0.25) is 14.8 Å². The highest BCUT2D eigenvalue weighted by atomic mass is 32.2. The molecule has 0 aliphatic heterocycles. The Labute approximate surface area is 121 Å². The van der Waals surface area contributed by atoms with Crippen LogP contribution in [0.2, 0.25) is 0 Å². The number of sulfonamides is 1. The van der Waals surface area contributed by atoms with Crippen LogP contribution in [0.1, 0.15) is 5.01 Å². The highest BCUT2D eigenvalue weighted by Gasteiger charge is 2.26. The summed E-state index contributed by atoms with van der Waals surface area (Å²) in [6, 6.07) is 1.01. The molecule has 0 saturated carbocycles. The number of aromatic nitrogens is 2. The standard InChI is InChI=1S/C8H9N5O4S3/c1-4-10-11-8(18-4)12-20(16,17)6-3-5(13(14)15)7(9-2)19-6/h3,9H,1-2H3,(H,11,12). The summed E-state index contributed by atoms with van der Waals surface area (Å²) in [6.07, 6.45) is 0. The van der Waals surface area contributed by atoms with Gasteiger partial charge in [-0.1, -0.05) is 22.7 Å². The molecule has 0 aromatic carbocycles. The van der Waals surface area contributed by atoms with E-state index in [1.165, 1.54) is 7.05 Å². The Kier molecular flexibility index (Phi) is 3.87. The minimum Gasteiger partial charge on any atom is -0.374 e. The van der Waals surface area contributed by atoms with Crippen LogP contribution in [0.25, 0.3) is 0 Å². The Morgan fingerprint density at radius 3 is 2.50 bits per heavy atom. The second-order valence-electron chi connectivity index (χ2n) is 3.52. The van der Waals surface area contributed by atoms with Gasteiger partial charge in [-0.05, 0) is 6.92 Å². The predicted molar refractivity (Wildman–Crippen MR) is 76.0 cm³/mol. The van der Waals surface area contributed by atoms with E-state index in [9.17, 15) is 18.5 Å². The molecule has 2 N–H and O–H groups in total. The molecule has 0 saturated heterocycles. The van der Waals surface area contributed by atoms with Gasteiger partial charge in [0.2, 0.25) is 5.13 Å². The van der Waals surface area contributed by atoms with Crippen LogP contribution in [0, 0.1) is 17.0 Å². The van der Waals surface area contributed by atoms with Gasteiger partial charge in [0.1, 0.15) is 9.22 Å². The van der Waals surface area contributed by atoms with E-state index in [4.69, 9.17) is 0 Å². The molecule has 0 fully saturated rings. The van der Waals surface area contributed by atoms with Gasteiger partial charge in [-0.15, -0.1) is 10.2 Å². The smallest absolute Gasteiger partial charge is 0.304 e. The van der Waals surface area contributed by atoms with Crippen LogP contribution < -0.4 is 10.0 Å². The number of thiophene rings is 1. The van der Waals surface area contributed by atoms with Crippen molar-refractivity contribution in [3.8, 4) is 0 Å². The molecule has 2 aromatic heterocycles. The van der Waals surface area contributed by atoms with Gasteiger partial charge in [-0.25, -0.2) is 8.42 Å². The summed E-state index contributed by atoms with van der Waals surface area (Å²) in [6.45, 7) is 1.69. The van der Waals surface area contributed by atoms with E-state index in [0.717, 1.165) is 28.7 Å². The monoisotopic (exact) mass is 335 g/mol. The first-order chi connectivity index (χ1) is 9.33. The normalized spacial score (nSPS) is 11.3. The molecule has 0 bridgehead atoms. The number of nitro groups is 1. The van der Waals surface area contributed by atoms with Gasteiger partial charge < -0.3 is 5.32 Å². The number of nitrogens with zero attached hydrogens (tertiary/aromatic N) is 3. The van der Waals surface area contributed by atoms with Gasteiger partial charge in [-0.2, -0.15) is 0 Å². The van der Waals surface area contributed by atoms with Crippen molar-refractivity contribution in [3.05, 3.63) is 21.2 Å². The van der Waals surface area contributed by atoms with Gasteiger partial charge in [0.15, 0.2) is 5.00 Å². The lowest BCUT2D eigenvalue weighted by molar-refractivity contribution is -0.383. The second kappa shape index (κ2) is 5.30. The number of hydrogen-bond donors (Lipinski definition) is 2. The van der Waals surface area contributed by atoms with Crippen LogP contribution in [0.3, 0.4) is 0 Å². The average Bonchev–Trinajstić information content (AvgIpc) is 2.95. The lowest BCUT2D eigenvalue weighted by Gasteiger charge is -2.00. The molecule has 9 nitrogen and oxygen atoms in total. The molecule has 20 heavy (non-hydrogen) atoms. The Morgan fingerprint density at radius 2 is 2.05 bits per heavy atom. The fourth-order valence-corrected chi connectivity index (χ4v) is 4.41. The molecule has 2 heterocycles. The van der Waals surface area contributed by atoms with Crippen LogP contribution in [-0.2, 0) is 10.0 Å². The average molecular weight is 335 g/mol. The number of aryl methyl sites for hydroxylation is 1. The molecule has 0 radical (unpaired) electrons. The largest absolute Gasteiger partial charge is 0.374 e. The minimum absolute atomic E-state index is 0.115. The van der Waals surface area contributed by atoms with Crippen LogP contribution in [0.4, 0.5) is 15.8 Å². The van der Waals surface area contributed by atoms with Gasteiger partial charge >= 0.3 is 5.69 Å². The third kappa shape index (κ3) is 2.86. The highest BCUT2D eigenvalue weighted by Crippen LogP contribution is 2.37. The van der Waals surface area contributed by atoms with Gasteiger partial charge in [0.25, 0.3) is 10.0 Å². The van der Waals surface area contributed by atoms with Crippen molar-refractivity contribution in [2.45, 2.75) is 11.1 Å². The molecule has 2 aromatic rings. The second-order valence-corrected chi connectivity index (χ2v) is 7.66. The van der Waals surface area contributed by atoms with Crippen molar-refractivity contribution >= 4 is 48.5 Å². The van der Waals surface area contributed by atoms with Crippen molar-refractivity contribution in [1.82, 2.24) is 10.2 Å². The Morgan fingerprint density at radius 1 is 1.35 bits per heavy atom. The van der Waals surface area contributed by atoms with Gasteiger partial charge in [0, 0.05) is 13.1 Å².